The zero-order chi connectivity index (χ0) is 15.7. The number of anilines is 1. The van der Waals surface area contributed by atoms with Gasteiger partial charge in [-0.2, -0.15) is 0 Å². The number of benzene rings is 1. The Bertz CT molecular complexity index is 718. The van der Waals surface area contributed by atoms with Crippen LogP contribution in [0.3, 0.4) is 0 Å². The molecule has 0 unspecified atom stereocenters. The number of hydrogen-bond acceptors (Lipinski definition) is 3. The first-order chi connectivity index (χ1) is 10.5. The van der Waals surface area contributed by atoms with Crippen LogP contribution in [0.15, 0.2) is 30.3 Å². The number of halogens is 2. The van der Waals surface area contributed by atoms with Gasteiger partial charge in [0.2, 0.25) is 5.92 Å². The number of hydrogen-bond donors (Lipinski definition) is 1. The molecule has 0 amide bonds. The van der Waals surface area contributed by atoms with E-state index in [-0.39, 0.29) is 30.8 Å². The molecule has 22 heavy (non-hydrogen) atoms. The van der Waals surface area contributed by atoms with Crippen LogP contribution in [0.25, 0.3) is 10.9 Å². The van der Waals surface area contributed by atoms with Gasteiger partial charge in [-0.15, -0.1) is 0 Å². The quantitative estimate of drug-likeness (QED) is 0.921. The fourth-order valence-corrected chi connectivity index (χ4v) is 2.78. The van der Waals surface area contributed by atoms with Gasteiger partial charge in [0, 0.05) is 31.3 Å². The molecule has 2 heterocycles. The fourth-order valence-electron chi connectivity index (χ4n) is 2.78. The standard InChI is InChI=1S/C16H16F2N2O2/c17-16(18)6-3-8-20(9-7-16)14-12(15(21)22)10-11-4-1-2-5-13(11)19-14/h1-2,4-5,10H,3,6-9H2,(H,21,22). The molecule has 1 aromatic carbocycles. The molecule has 116 valence electrons. The highest BCUT2D eigenvalue weighted by molar-refractivity contribution is 5.98. The van der Waals surface area contributed by atoms with Crippen LogP contribution in [0.5, 0.6) is 0 Å². The first-order valence-electron chi connectivity index (χ1n) is 7.22. The number of carboxylic acids is 1. The van der Waals surface area contributed by atoms with E-state index in [9.17, 15) is 18.7 Å². The van der Waals surface area contributed by atoms with Gasteiger partial charge in [-0.05, 0) is 18.6 Å². The number of carbonyl (C=O) groups is 1. The fraction of sp³-hybridized carbons (Fsp3) is 0.375. The molecule has 0 spiro atoms. The van der Waals surface area contributed by atoms with E-state index in [4.69, 9.17) is 0 Å². The maximum absolute atomic E-state index is 13.5. The molecule has 1 aliphatic rings. The lowest BCUT2D eigenvalue weighted by molar-refractivity contribution is -0.0102. The summed E-state index contributed by atoms with van der Waals surface area (Å²) in [5.74, 6) is -3.50. The highest BCUT2D eigenvalue weighted by atomic mass is 19.3. The normalized spacial score (nSPS) is 18.2. The minimum absolute atomic E-state index is 0.0592. The summed E-state index contributed by atoms with van der Waals surface area (Å²) in [5.41, 5.74) is 0.724. The molecular weight excluding hydrogens is 290 g/mol. The Kier molecular flexibility index (Phi) is 3.68. The van der Waals surface area contributed by atoms with Crippen molar-refractivity contribution in [3.8, 4) is 0 Å². The van der Waals surface area contributed by atoms with Gasteiger partial charge in [0.1, 0.15) is 11.4 Å². The number of carboxylic acid groups (broad SMARTS) is 1. The Morgan fingerprint density at radius 2 is 2.00 bits per heavy atom. The summed E-state index contributed by atoms with van der Waals surface area (Å²) in [7, 11) is 0. The third kappa shape index (κ3) is 2.86. The summed E-state index contributed by atoms with van der Waals surface area (Å²) < 4.78 is 27.0. The molecule has 0 bridgehead atoms. The van der Waals surface area contributed by atoms with E-state index < -0.39 is 11.9 Å². The summed E-state index contributed by atoms with van der Waals surface area (Å²) in [4.78, 5) is 17.6. The summed E-state index contributed by atoms with van der Waals surface area (Å²) in [6.07, 6.45) is -0.124. The highest BCUT2D eigenvalue weighted by Gasteiger charge is 2.33. The third-order valence-corrected chi connectivity index (χ3v) is 3.95. The van der Waals surface area contributed by atoms with Crippen LogP contribution in [0.2, 0.25) is 0 Å². The summed E-state index contributed by atoms with van der Waals surface area (Å²) in [5, 5.41) is 10.1. The van der Waals surface area contributed by atoms with Gasteiger partial charge in [0.05, 0.1) is 5.52 Å². The monoisotopic (exact) mass is 306 g/mol. The van der Waals surface area contributed by atoms with Gasteiger partial charge < -0.3 is 10.0 Å². The lowest BCUT2D eigenvalue weighted by atomic mass is 10.1. The molecule has 1 aliphatic heterocycles. The van der Waals surface area contributed by atoms with Crippen molar-refractivity contribution < 1.29 is 18.7 Å². The number of pyridine rings is 1. The largest absolute Gasteiger partial charge is 0.478 e. The maximum Gasteiger partial charge on any atom is 0.339 e. The molecule has 4 nitrogen and oxygen atoms in total. The molecule has 1 N–H and O–H groups in total. The van der Waals surface area contributed by atoms with Gasteiger partial charge in [-0.25, -0.2) is 18.6 Å². The number of alkyl halides is 2. The first kappa shape index (κ1) is 14.7. The molecule has 1 fully saturated rings. The van der Waals surface area contributed by atoms with Gasteiger partial charge >= 0.3 is 5.97 Å². The van der Waals surface area contributed by atoms with E-state index >= 15 is 0 Å². The average molecular weight is 306 g/mol. The molecule has 1 aromatic heterocycles. The van der Waals surface area contributed by atoms with E-state index in [0.717, 1.165) is 5.39 Å². The predicted octanol–water partition coefficient (Wildman–Crippen LogP) is 3.56. The molecule has 0 aliphatic carbocycles. The van der Waals surface area contributed by atoms with Crippen molar-refractivity contribution in [1.82, 2.24) is 4.98 Å². The molecular formula is C16H16F2N2O2. The summed E-state index contributed by atoms with van der Waals surface area (Å²) >= 11 is 0. The number of rotatable bonds is 2. The molecule has 0 saturated carbocycles. The van der Waals surface area contributed by atoms with Crippen LogP contribution in [0.4, 0.5) is 14.6 Å². The Balaban J connectivity index is 2.04. The van der Waals surface area contributed by atoms with Crippen molar-refractivity contribution in [3.63, 3.8) is 0 Å². The van der Waals surface area contributed by atoms with Crippen LogP contribution in [0, 0.1) is 0 Å². The number of nitrogens with zero attached hydrogens (tertiary/aromatic N) is 2. The molecule has 3 rings (SSSR count). The van der Waals surface area contributed by atoms with Crippen molar-refractivity contribution in [3.05, 3.63) is 35.9 Å². The molecule has 0 radical (unpaired) electrons. The smallest absolute Gasteiger partial charge is 0.339 e. The van der Waals surface area contributed by atoms with Crippen molar-refractivity contribution in [1.29, 1.82) is 0 Å². The van der Waals surface area contributed by atoms with E-state index in [1.165, 1.54) is 0 Å². The average Bonchev–Trinajstić information content (AvgIpc) is 2.66. The van der Waals surface area contributed by atoms with Gasteiger partial charge in [0.15, 0.2) is 0 Å². The lowest BCUT2D eigenvalue weighted by Crippen LogP contribution is -2.28. The first-order valence-corrected chi connectivity index (χ1v) is 7.22. The van der Waals surface area contributed by atoms with Gasteiger partial charge in [-0.1, -0.05) is 18.2 Å². The number of para-hydroxylation sites is 1. The second-order valence-corrected chi connectivity index (χ2v) is 5.55. The lowest BCUT2D eigenvalue weighted by Gasteiger charge is -2.23. The van der Waals surface area contributed by atoms with E-state index in [1.54, 1.807) is 23.1 Å². The molecule has 0 atom stereocenters. The van der Waals surface area contributed by atoms with Crippen molar-refractivity contribution in [2.45, 2.75) is 25.2 Å². The number of aromatic nitrogens is 1. The van der Waals surface area contributed by atoms with Crippen molar-refractivity contribution >= 4 is 22.7 Å². The van der Waals surface area contributed by atoms with Gasteiger partial charge in [0.25, 0.3) is 0 Å². The van der Waals surface area contributed by atoms with Crippen LogP contribution in [0.1, 0.15) is 29.6 Å². The Hall–Kier alpha value is -2.24. The minimum atomic E-state index is -2.69. The Labute approximate surface area is 126 Å². The Morgan fingerprint density at radius 1 is 1.23 bits per heavy atom. The second-order valence-electron chi connectivity index (χ2n) is 5.55. The summed E-state index contributed by atoms with van der Waals surface area (Å²) in [6, 6.07) is 8.76. The maximum atomic E-state index is 13.5. The number of fused-ring (bicyclic) bond motifs is 1. The number of aromatic carboxylic acids is 1. The molecule has 6 heteroatoms. The SMILES string of the molecule is O=C(O)c1cc2ccccc2nc1N1CCCC(F)(F)CC1. The van der Waals surface area contributed by atoms with Crippen molar-refractivity contribution in [2.24, 2.45) is 0 Å². The van der Waals surface area contributed by atoms with Crippen LogP contribution < -0.4 is 4.90 Å². The Morgan fingerprint density at radius 3 is 2.77 bits per heavy atom. The highest BCUT2D eigenvalue weighted by Crippen LogP contribution is 2.31. The van der Waals surface area contributed by atoms with Gasteiger partial charge in [-0.3, -0.25) is 0 Å². The van der Waals surface area contributed by atoms with Crippen LogP contribution in [-0.4, -0.2) is 35.1 Å². The topological polar surface area (TPSA) is 53.4 Å². The van der Waals surface area contributed by atoms with E-state index in [1.807, 2.05) is 12.1 Å². The molecule has 2 aromatic rings. The minimum Gasteiger partial charge on any atom is -0.478 e. The predicted molar refractivity (Wildman–Crippen MR) is 79.7 cm³/mol. The van der Waals surface area contributed by atoms with Crippen LogP contribution >= 0.6 is 0 Å². The zero-order valence-corrected chi connectivity index (χ0v) is 11.9. The van der Waals surface area contributed by atoms with E-state index in [0.29, 0.717) is 18.5 Å². The third-order valence-electron chi connectivity index (χ3n) is 3.95. The van der Waals surface area contributed by atoms with Crippen LogP contribution in [-0.2, 0) is 0 Å². The summed E-state index contributed by atoms with van der Waals surface area (Å²) in [6.45, 7) is 0.500. The second kappa shape index (κ2) is 5.51. The van der Waals surface area contributed by atoms with E-state index in [2.05, 4.69) is 4.98 Å². The zero-order valence-electron chi connectivity index (χ0n) is 11.9. The molecule has 1 saturated heterocycles. The van der Waals surface area contributed by atoms with Crippen molar-refractivity contribution in [2.75, 3.05) is 18.0 Å².